The summed E-state index contributed by atoms with van der Waals surface area (Å²) in [5.41, 5.74) is 2.54. The highest BCUT2D eigenvalue weighted by Crippen LogP contribution is 2.26. The molecule has 0 radical (unpaired) electrons. The summed E-state index contributed by atoms with van der Waals surface area (Å²) in [6, 6.07) is 12.6. The Bertz CT molecular complexity index is 853. The van der Waals surface area contributed by atoms with E-state index < -0.39 is 0 Å². The average Bonchev–Trinajstić information content (AvgIpc) is 2.98. The Kier molecular flexibility index (Phi) is 5.92. The molecule has 27 heavy (non-hydrogen) atoms. The first-order valence-electron chi connectivity index (χ1n) is 8.76. The van der Waals surface area contributed by atoms with Gasteiger partial charge in [-0.1, -0.05) is 49.2 Å². The highest BCUT2D eigenvalue weighted by atomic mass is 35.5. The highest BCUT2D eigenvalue weighted by molar-refractivity contribution is 6.36. The van der Waals surface area contributed by atoms with Crippen LogP contribution in [0.25, 0.3) is 0 Å². The second-order valence-electron chi connectivity index (χ2n) is 6.77. The quantitative estimate of drug-likeness (QED) is 0.760. The van der Waals surface area contributed by atoms with Crippen LogP contribution < -0.4 is 10.2 Å². The molecule has 3 rings (SSSR count). The van der Waals surface area contributed by atoms with E-state index in [1.165, 1.54) is 10.5 Å². The van der Waals surface area contributed by atoms with Crippen molar-refractivity contribution in [1.82, 2.24) is 4.90 Å². The number of hydrogen-bond donors (Lipinski definition) is 1. The molecular formula is C20H21Cl2N3O2. The second kappa shape index (κ2) is 8.19. The average molecular weight is 406 g/mol. The van der Waals surface area contributed by atoms with Gasteiger partial charge in [-0.3, -0.25) is 9.69 Å². The lowest BCUT2D eigenvalue weighted by atomic mass is 10.0. The Balaban J connectivity index is 1.62. The molecule has 0 aromatic heterocycles. The maximum Gasteiger partial charge on any atom is 0.325 e. The molecule has 0 saturated carbocycles. The number of nitrogens with zero attached hydrogens (tertiary/aromatic N) is 2. The number of urea groups is 1. The molecule has 1 aliphatic heterocycles. The van der Waals surface area contributed by atoms with Crippen LogP contribution in [0.2, 0.25) is 10.0 Å². The van der Waals surface area contributed by atoms with E-state index in [2.05, 4.69) is 19.2 Å². The number of carbonyl (C=O) groups excluding carboxylic acids is 2. The van der Waals surface area contributed by atoms with Gasteiger partial charge >= 0.3 is 6.03 Å². The third-order valence-corrected chi connectivity index (χ3v) is 5.05. The molecular weight excluding hydrogens is 385 g/mol. The van der Waals surface area contributed by atoms with Gasteiger partial charge in [0, 0.05) is 23.8 Å². The van der Waals surface area contributed by atoms with Crippen LogP contribution >= 0.6 is 23.2 Å². The van der Waals surface area contributed by atoms with Gasteiger partial charge in [-0.2, -0.15) is 0 Å². The van der Waals surface area contributed by atoms with Gasteiger partial charge < -0.3 is 10.2 Å². The number of halogens is 2. The van der Waals surface area contributed by atoms with E-state index in [1.54, 1.807) is 23.1 Å². The van der Waals surface area contributed by atoms with Crippen LogP contribution in [0.1, 0.15) is 25.3 Å². The molecule has 1 heterocycles. The second-order valence-corrected chi connectivity index (χ2v) is 7.62. The zero-order chi connectivity index (χ0) is 19.6. The number of nitrogens with one attached hydrogen (secondary N) is 1. The van der Waals surface area contributed by atoms with E-state index in [4.69, 9.17) is 23.2 Å². The lowest BCUT2D eigenvalue weighted by molar-refractivity contribution is -0.116. The summed E-state index contributed by atoms with van der Waals surface area (Å²) in [5, 5.41) is 3.57. The highest BCUT2D eigenvalue weighted by Gasteiger charge is 2.30. The van der Waals surface area contributed by atoms with Crippen molar-refractivity contribution >= 4 is 46.5 Å². The first kappa shape index (κ1) is 19.5. The molecule has 0 atom stereocenters. The van der Waals surface area contributed by atoms with E-state index >= 15 is 0 Å². The Hall–Kier alpha value is -2.24. The smallest absolute Gasteiger partial charge is 0.323 e. The van der Waals surface area contributed by atoms with Crippen LogP contribution in [0.5, 0.6) is 0 Å². The van der Waals surface area contributed by atoms with Crippen LogP contribution in [-0.2, 0) is 4.79 Å². The molecule has 1 fully saturated rings. The topological polar surface area (TPSA) is 52.6 Å². The molecule has 1 N–H and O–H groups in total. The van der Waals surface area contributed by atoms with E-state index in [0.29, 0.717) is 34.7 Å². The number of amides is 3. The Morgan fingerprint density at radius 1 is 1.11 bits per heavy atom. The monoisotopic (exact) mass is 405 g/mol. The van der Waals surface area contributed by atoms with Crippen molar-refractivity contribution in [2.24, 2.45) is 0 Å². The standard InChI is InChI=1S/C20H21Cl2N3O2/c1-13(2)14-3-6-16(7-4-14)25-10-9-24(20(25)27)12-19(26)23-18-8-5-15(21)11-17(18)22/h3-8,11,13H,9-10,12H2,1-2H3,(H,23,26). The maximum absolute atomic E-state index is 12.7. The summed E-state index contributed by atoms with van der Waals surface area (Å²) in [6.45, 7) is 5.27. The van der Waals surface area contributed by atoms with Gasteiger partial charge in [0.25, 0.3) is 0 Å². The number of anilines is 2. The minimum Gasteiger partial charge on any atom is -0.323 e. The summed E-state index contributed by atoms with van der Waals surface area (Å²) in [7, 11) is 0. The Morgan fingerprint density at radius 3 is 2.44 bits per heavy atom. The molecule has 0 unspecified atom stereocenters. The van der Waals surface area contributed by atoms with Crippen molar-refractivity contribution in [3.05, 3.63) is 58.1 Å². The number of carbonyl (C=O) groups is 2. The van der Waals surface area contributed by atoms with Crippen molar-refractivity contribution < 1.29 is 9.59 Å². The van der Waals surface area contributed by atoms with E-state index in [9.17, 15) is 9.59 Å². The van der Waals surface area contributed by atoms with Crippen LogP contribution in [0.4, 0.5) is 16.2 Å². The van der Waals surface area contributed by atoms with Crippen molar-refractivity contribution in [3.63, 3.8) is 0 Å². The van der Waals surface area contributed by atoms with E-state index in [-0.39, 0.29) is 18.5 Å². The normalized spacial score (nSPS) is 14.2. The van der Waals surface area contributed by atoms with Gasteiger partial charge in [0.2, 0.25) is 5.91 Å². The molecule has 0 aliphatic carbocycles. The van der Waals surface area contributed by atoms with Gasteiger partial charge in [0.05, 0.1) is 10.7 Å². The first-order chi connectivity index (χ1) is 12.8. The summed E-state index contributed by atoms with van der Waals surface area (Å²) in [5.74, 6) is 0.137. The molecule has 0 bridgehead atoms. The summed E-state index contributed by atoms with van der Waals surface area (Å²) < 4.78 is 0. The summed E-state index contributed by atoms with van der Waals surface area (Å²) in [4.78, 5) is 28.2. The lowest BCUT2D eigenvalue weighted by Gasteiger charge is -2.19. The van der Waals surface area contributed by atoms with Crippen molar-refractivity contribution in [2.75, 3.05) is 29.9 Å². The van der Waals surface area contributed by atoms with Crippen LogP contribution in [0, 0.1) is 0 Å². The molecule has 3 amide bonds. The molecule has 1 saturated heterocycles. The molecule has 1 aliphatic rings. The van der Waals surface area contributed by atoms with Gasteiger partial charge in [-0.25, -0.2) is 4.79 Å². The largest absolute Gasteiger partial charge is 0.325 e. The predicted octanol–water partition coefficient (Wildman–Crippen LogP) is 5.00. The Morgan fingerprint density at radius 2 is 1.81 bits per heavy atom. The van der Waals surface area contributed by atoms with Crippen molar-refractivity contribution in [2.45, 2.75) is 19.8 Å². The summed E-state index contributed by atoms with van der Waals surface area (Å²) >= 11 is 11.9. The third-order valence-electron chi connectivity index (χ3n) is 4.51. The molecule has 7 heteroatoms. The SMILES string of the molecule is CC(C)c1ccc(N2CCN(CC(=O)Nc3ccc(Cl)cc3Cl)C2=O)cc1. The molecule has 142 valence electrons. The number of rotatable bonds is 5. The zero-order valence-electron chi connectivity index (χ0n) is 15.2. The van der Waals surface area contributed by atoms with Gasteiger partial charge in [-0.05, 0) is 41.8 Å². The minimum atomic E-state index is -0.301. The number of benzene rings is 2. The fourth-order valence-corrected chi connectivity index (χ4v) is 3.42. The van der Waals surface area contributed by atoms with Crippen molar-refractivity contribution in [3.8, 4) is 0 Å². The molecule has 5 nitrogen and oxygen atoms in total. The fourth-order valence-electron chi connectivity index (χ4n) is 2.96. The van der Waals surface area contributed by atoms with Crippen molar-refractivity contribution in [1.29, 1.82) is 0 Å². The van der Waals surface area contributed by atoms with E-state index in [1.807, 2.05) is 24.3 Å². The first-order valence-corrected chi connectivity index (χ1v) is 9.52. The van der Waals surface area contributed by atoms with Crippen LogP contribution in [0.3, 0.4) is 0 Å². The zero-order valence-corrected chi connectivity index (χ0v) is 16.7. The van der Waals surface area contributed by atoms with Crippen LogP contribution in [0.15, 0.2) is 42.5 Å². The van der Waals surface area contributed by atoms with Gasteiger partial charge in [-0.15, -0.1) is 0 Å². The predicted molar refractivity (Wildman–Crippen MR) is 110 cm³/mol. The molecule has 0 spiro atoms. The Labute approximate surface area is 168 Å². The number of hydrogen-bond acceptors (Lipinski definition) is 2. The minimum absolute atomic E-state index is 0.0294. The molecule has 2 aromatic carbocycles. The molecule has 2 aromatic rings. The van der Waals surface area contributed by atoms with E-state index in [0.717, 1.165) is 5.69 Å². The summed E-state index contributed by atoms with van der Waals surface area (Å²) in [6.07, 6.45) is 0. The lowest BCUT2D eigenvalue weighted by Crippen LogP contribution is -2.37. The van der Waals surface area contributed by atoms with Gasteiger partial charge in [0.15, 0.2) is 0 Å². The third kappa shape index (κ3) is 4.54. The maximum atomic E-state index is 12.7. The van der Waals surface area contributed by atoms with Gasteiger partial charge in [0.1, 0.15) is 6.54 Å². The fraction of sp³-hybridized carbons (Fsp3) is 0.300. The van der Waals surface area contributed by atoms with Crippen LogP contribution in [-0.4, -0.2) is 36.5 Å².